The zero-order valence-corrected chi connectivity index (χ0v) is 19.5. The Labute approximate surface area is 194 Å². The van der Waals surface area contributed by atoms with E-state index in [1.807, 2.05) is 0 Å². The third-order valence-corrected chi connectivity index (χ3v) is 8.08. The van der Waals surface area contributed by atoms with Crippen molar-refractivity contribution >= 4 is 27.3 Å². The monoisotopic (exact) mass is 472 g/mol. The van der Waals surface area contributed by atoms with Crippen molar-refractivity contribution in [1.29, 1.82) is 0 Å². The number of aryl methyl sites for hydroxylation is 3. The van der Waals surface area contributed by atoms with Crippen molar-refractivity contribution in [3.05, 3.63) is 93.5 Å². The van der Waals surface area contributed by atoms with E-state index >= 15 is 0 Å². The van der Waals surface area contributed by atoms with Crippen molar-refractivity contribution in [3.63, 3.8) is 0 Å². The lowest BCUT2D eigenvalue weighted by Crippen LogP contribution is -2.45. The average Bonchev–Trinajstić information content (AvgIpc) is 3.03. The number of piperidine rings is 1. The molecule has 0 spiro atoms. The van der Waals surface area contributed by atoms with E-state index in [1.54, 1.807) is 16.8 Å². The Balaban J connectivity index is 1.22. The molecular weight excluding hydrogens is 444 g/mol. The number of para-hydroxylation sites is 2. The Bertz CT molecular complexity index is 1090. The Hall–Kier alpha value is -2.10. The first kappa shape index (κ1) is 19.6. The van der Waals surface area contributed by atoms with Crippen LogP contribution in [0.3, 0.4) is 0 Å². The number of hydrogen-bond acceptors (Lipinski definition) is 2. The first-order chi connectivity index (χ1) is 15.3. The summed E-state index contributed by atoms with van der Waals surface area (Å²) in [6.07, 6.45) is 5.97. The minimum atomic E-state index is 0.609. The molecule has 0 bridgehead atoms. The number of anilines is 2. The molecule has 0 aliphatic carbocycles. The van der Waals surface area contributed by atoms with Crippen molar-refractivity contribution in [2.24, 2.45) is 0 Å². The standard InChI is InChI=1S/C28H29BrN2/c29-23-14-10-20(11-15-23)5-4-17-30-18-16-27-25(19-30)24-8-3-7-22-13-12-21-6-1-2-9-26(21)31(27)28(22)24/h1-3,6-11,14-15,25,27H,4-5,12-13,16-19H2. The van der Waals surface area contributed by atoms with Gasteiger partial charge in [-0.25, -0.2) is 0 Å². The van der Waals surface area contributed by atoms with Crippen LogP contribution in [0, 0.1) is 0 Å². The lowest BCUT2D eigenvalue weighted by atomic mass is 9.87. The summed E-state index contributed by atoms with van der Waals surface area (Å²) in [6.45, 7) is 3.61. The summed E-state index contributed by atoms with van der Waals surface area (Å²) in [5, 5.41) is 0. The summed E-state index contributed by atoms with van der Waals surface area (Å²) in [5.74, 6) is 0.627. The molecule has 1 saturated heterocycles. The first-order valence-corrected chi connectivity index (χ1v) is 12.5. The van der Waals surface area contributed by atoms with E-state index in [0.717, 1.165) is 23.7 Å². The van der Waals surface area contributed by atoms with Crippen LogP contribution in [0.15, 0.2) is 71.2 Å². The van der Waals surface area contributed by atoms with Gasteiger partial charge in [0.2, 0.25) is 0 Å². The van der Waals surface area contributed by atoms with E-state index in [-0.39, 0.29) is 0 Å². The first-order valence-electron chi connectivity index (χ1n) is 11.7. The van der Waals surface area contributed by atoms with E-state index in [2.05, 4.69) is 92.5 Å². The fourth-order valence-corrected chi connectivity index (χ4v) is 6.34. The third kappa shape index (κ3) is 3.52. The molecule has 2 atom stereocenters. The SMILES string of the molecule is Brc1ccc(CCCN2CCC3C(C2)c2cccc4c2N3c2ccccc2CC4)cc1. The highest BCUT2D eigenvalue weighted by molar-refractivity contribution is 9.10. The van der Waals surface area contributed by atoms with Gasteiger partial charge in [-0.2, -0.15) is 0 Å². The lowest BCUT2D eigenvalue weighted by molar-refractivity contribution is 0.195. The van der Waals surface area contributed by atoms with E-state index in [4.69, 9.17) is 0 Å². The second kappa shape index (κ2) is 8.11. The van der Waals surface area contributed by atoms with Gasteiger partial charge in [0, 0.05) is 40.9 Å². The Morgan fingerprint density at radius 1 is 0.871 bits per heavy atom. The van der Waals surface area contributed by atoms with Crippen LogP contribution in [0.2, 0.25) is 0 Å². The summed E-state index contributed by atoms with van der Waals surface area (Å²) in [6, 6.07) is 25.6. The van der Waals surface area contributed by atoms with Gasteiger partial charge in [0.05, 0.1) is 0 Å². The highest BCUT2D eigenvalue weighted by Crippen LogP contribution is 2.52. The Morgan fingerprint density at radius 2 is 1.68 bits per heavy atom. The van der Waals surface area contributed by atoms with Crippen LogP contribution in [0.5, 0.6) is 0 Å². The second-order valence-corrected chi connectivity index (χ2v) is 10.3. The minimum absolute atomic E-state index is 0.609. The number of likely N-dealkylation sites (tertiary alicyclic amines) is 1. The number of benzene rings is 3. The van der Waals surface area contributed by atoms with Crippen molar-refractivity contribution < 1.29 is 0 Å². The Morgan fingerprint density at radius 3 is 2.58 bits per heavy atom. The summed E-state index contributed by atoms with van der Waals surface area (Å²) in [4.78, 5) is 5.45. The predicted octanol–water partition coefficient (Wildman–Crippen LogP) is 6.49. The van der Waals surface area contributed by atoms with Gasteiger partial charge in [0.1, 0.15) is 0 Å². The van der Waals surface area contributed by atoms with Gasteiger partial charge >= 0.3 is 0 Å². The zero-order valence-electron chi connectivity index (χ0n) is 17.9. The molecule has 0 aromatic heterocycles. The normalized spacial score (nSPS) is 21.9. The summed E-state index contributed by atoms with van der Waals surface area (Å²) < 4.78 is 1.16. The number of rotatable bonds is 4. The van der Waals surface area contributed by atoms with Gasteiger partial charge in [-0.3, -0.25) is 0 Å². The van der Waals surface area contributed by atoms with Crippen LogP contribution >= 0.6 is 15.9 Å². The summed E-state index contributed by atoms with van der Waals surface area (Å²) >= 11 is 3.54. The average molecular weight is 473 g/mol. The molecule has 3 aromatic rings. The molecule has 3 aliphatic rings. The number of halogens is 1. The summed E-state index contributed by atoms with van der Waals surface area (Å²) in [5.41, 5.74) is 9.10. The van der Waals surface area contributed by atoms with Crippen molar-refractivity contribution in [3.8, 4) is 0 Å². The highest BCUT2D eigenvalue weighted by Gasteiger charge is 2.44. The molecule has 31 heavy (non-hydrogen) atoms. The van der Waals surface area contributed by atoms with Gasteiger partial charge in [-0.05, 0) is 79.1 Å². The van der Waals surface area contributed by atoms with Crippen LogP contribution in [0.1, 0.15) is 41.0 Å². The molecule has 6 rings (SSSR count). The number of hydrogen-bond donors (Lipinski definition) is 0. The van der Waals surface area contributed by atoms with E-state index < -0.39 is 0 Å². The van der Waals surface area contributed by atoms with Gasteiger partial charge in [0.25, 0.3) is 0 Å². The maximum atomic E-state index is 3.54. The topological polar surface area (TPSA) is 6.48 Å². The molecule has 0 saturated carbocycles. The van der Waals surface area contributed by atoms with Crippen molar-refractivity contribution in [2.75, 3.05) is 24.5 Å². The summed E-state index contributed by atoms with van der Waals surface area (Å²) in [7, 11) is 0. The molecule has 3 heteroatoms. The molecule has 3 aromatic carbocycles. The zero-order chi connectivity index (χ0) is 20.8. The Kier molecular flexibility index (Phi) is 5.12. The molecule has 0 radical (unpaired) electrons. The highest BCUT2D eigenvalue weighted by atomic mass is 79.9. The molecule has 3 heterocycles. The molecule has 0 N–H and O–H groups in total. The molecule has 2 nitrogen and oxygen atoms in total. The van der Waals surface area contributed by atoms with Gasteiger partial charge < -0.3 is 9.80 Å². The fourth-order valence-electron chi connectivity index (χ4n) is 6.08. The maximum absolute atomic E-state index is 3.54. The molecule has 2 unspecified atom stereocenters. The van der Waals surface area contributed by atoms with Crippen LogP contribution in [0.25, 0.3) is 0 Å². The molecular formula is C28H29BrN2. The van der Waals surface area contributed by atoms with Crippen molar-refractivity contribution in [1.82, 2.24) is 4.90 Å². The predicted molar refractivity (Wildman–Crippen MR) is 132 cm³/mol. The van der Waals surface area contributed by atoms with E-state index in [0.29, 0.717) is 12.0 Å². The van der Waals surface area contributed by atoms with Gasteiger partial charge in [-0.1, -0.05) is 64.5 Å². The largest absolute Gasteiger partial charge is 0.337 e. The van der Waals surface area contributed by atoms with Crippen LogP contribution < -0.4 is 4.90 Å². The fraction of sp³-hybridized carbons (Fsp3) is 0.357. The van der Waals surface area contributed by atoms with Crippen LogP contribution in [0.4, 0.5) is 11.4 Å². The number of fused-ring (bicyclic) bond motifs is 5. The number of nitrogens with zero attached hydrogens (tertiary/aromatic N) is 2. The minimum Gasteiger partial charge on any atom is -0.337 e. The van der Waals surface area contributed by atoms with E-state index in [9.17, 15) is 0 Å². The van der Waals surface area contributed by atoms with Crippen LogP contribution in [-0.4, -0.2) is 30.6 Å². The second-order valence-electron chi connectivity index (χ2n) is 9.35. The van der Waals surface area contributed by atoms with E-state index in [1.165, 1.54) is 49.3 Å². The third-order valence-electron chi connectivity index (χ3n) is 7.55. The quantitative estimate of drug-likeness (QED) is 0.427. The van der Waals surface area contributed by atoms with Crippen molar-refractivity contribution in [2.45, 2.75) is 44.1 Å². The maximum Gasteiger partial charge on any atom is 0.0483 e. The van der Waals surface area contributed by atoms with Crippen LogP contribution in [-0.2, 0) is 19.3 Å². The smallest absolute Gasteiger partial charge is 0.0483 e. The molecule has 3 aliphatic heterocycles. The van der Waals surface area contributed by atoms with Gasteiger partial charge in [-0.15, -0.1) is 0 Å². The molecule has 1 fully saturated rings. The molecule has 0 amide bonds. The van der Waals surface area contributed by atoms with Gasteiger partial charge in [0.15, 0.2) is 0 Å². The lowest BCUT2D eigenvalue weighted by Gasteiger charge is -2.39. The molecule has 158 valence electrons.